The smallest absolute Gasteiger partial charge is 0.244 e. The minimum Gasteiger partial charge on any atom is -0.324 e. The summed E-state index contributed by atoms with van der Waals surface area (Å²) in [4.78, 5) is 14.4. The lowest BCUT2D eigenvalue weighted by Crippen LogP contribution is -2.44. The summed E-state index contributed by atoms with van der Waals surface area (Å²) in [5.74, 6) is 0.890. The van der Waals surface area contributed by atoms with Crippen molar-refractivity contribution in [2.45, 2.75) is 57.2 Å². The fourth-order valence-corrected chi connectivity index (χ4v) is 4.34. The van der Waals surface area contributed by atoms with Gasteiger partial charge in [-0.25, -0.2) is 8.42 Å². The van der Waals surface area contributed by atoms with E-state index in [0.717, 1.165) is 25.7 Å². The van der Waals surface area contributed by atoms with Crippen molar-refractivity contribution in [1.82, 2.24) is 10.2 Å². The average molecular weight is 300 g/mol. The maximum Gasteiger partial charge on any atom is 0.244 e. The Bertz CT molecular complexity index is 493. The molecule has 2 aliphatic carbocycles. The van der Waals surface area contributed by atoms with E-state index in [-0.39, 0.29) is 29.1 Å². The molecular weight excluding hydrogens is 276 g/mol. The number of nitrogens with one attached hydrogen (secondary N) is 1. The van der Waals surface area contributed by atoms with E-state index in [2.05, 4.69) is 5.32 Å². The van der Waals surface area contributed by atoms with Gasteiger partial charge in [0.2, 0.25) is 5.91 Å². The molecule has 1 heterocycles. The standard InChI is InChI=1S/C14H24N2O3S/c1-2-20(18,19)10-9-16-12(11-5-3-4-6-11)15-14(7-8-14)13(16)17/h11-12,15H,2-10H2,1H3. The van der Waals surface area contributed by atoms with Gasteiger partial charge in [0.1, 0.15) is 0 Å². The van der Waals surface area contributed by atoms with Gasteiger partial charge in [-0.2, -0.15) is 0 Å². The molecule has 0 aromatic rings. The quantitative estimate of drug-likeness (QED) is 0.819. The molecule has 1 unspecified atom stereocenters. The predicted octanol–water partition coefficient (Wildman–Crippen LogP) is 0.902. The third-order valence-electron chi connectivity index (χ3n) is 5.11. The number of amides is 1. The summed E-state index contributed by atoms with van der Waals surface area (Å²) >= 11 is 0. The largest absolute Gasteiger partial charge is 0.324 e. The molecule has 1 saturated heterocycles. The molecule has 0 aromatic heterocycles. The van der Waals surface area contributed by atoms with Gasteiger partial charge in [0.25, 0.3) is 0 Å². The highest BCUT2D eigenvalue weighted by molar-refractivity contribution is 7.91. The first-order valence-corrected chi connectivity index (χ1v) is 9.59. The van der Waals surface area contributed by atoms with Crippen LogP contribution in [0.15, 0.2) is 0 Å². The number of carbonyl (C=O) groups is 1. The van der Waals surface area contributed by atoms with Crippen LogP contribution in [0.25, 0.3) is 0 Å². The minimum absolute atomic E-state index is 0.0690. The van der Waals surface area contributed by atoms with Crippen LogP contribution in [-0.2, 0) is 14.6 Å². The maximum absolute atomic E-state index is 12.5. The van der Waals surface area contributed by atoms with Crippen LogP contribution in [0.2, 0.25) is 0 Å². The summed E-state index contributed by atoms with van der Waals surface area (Å²) in [7, 11) is -3.02. The van der Waals surface area contributed by atoms with Crippen LogP contribution in [-0.4, -0.2) is 49.0 Å². The second-order valence-electron chi connectivity index (χ2n) is 6.45. The molecule has 1 atom stereocenters. The van der Waals surface area contributed by atoms with Crippen LogP contribution in [0.3, 0.4) is 0 Å². The molecule has 114 valence electrons. The lowest BCUT2D eigenvalue weighted by molar-refractivity contribution is -0.131. The van der Waals surface area contributed by atoms with Gasteiger partial charge < -0.3 is 4.90 Å². The molecule has 1 aliphatic heterocycles. The Labute approximate surface area is 121 Å². The van der Waals surface area contributed by atoms with Crippen LogP contribution in [0.5, 0.6) is 0 Å². The van der Waals surface area contributed by atoms with E-state index in [1.165, 1.54) is 12.8 Å². The second-order valence-corrected chi connectivity index (χ2v) is 8.92. The number of hydrogen-bond acceptors (Lipinski definition) is 4. The van der Waals surface area contributed by atoms with Crippen molar-refractivity contribution in [3.05, 3.63) is 0 Å². The van der Waals surface area contributed by atoms with Gasteiger partial charge in [-0.1, -0.05) is 19.8 Å². The number of sulfone groups is 1. The molecule has 5 nitrogen and oxygen atoms in total. The Hall–Kier alpha value is -0.620. The van der Waals surface area contributed by atoms with Crippen molar-refractivity contribution < 1.29 is 13.2 Å². The number of carbonyl (C=O) groups excluding carboxylic acids is 1. The monoisotopic (exact) mass is 300 g/mol. The van der Waals surface area contributed by atoms with Gasteiger partial charge >= 0.3 is 0 Å². The fourth-order valence-electron chi connectivity index (χ4n) is 3.58. The summed E-state index contributed by atoms with van der Waals surface area (Å²) in [6, 6.07) is 0. The Morgan fingerprint density at radius 3 is 2.50 bits per heavy atom. The Kier molecular flexibility index (Phi) is 3.57. The second kappa shape index (κ2) is 4.98. The topological polar surface area (TPSA) is 66.5 Å². The van der Waals surface area contributed by atoms with Crippen LogP contribution in [0.1, 0.15) is 45.4 Å². The van der Waals surface area contributed by atoms with Gasteiger partial charge in [0.15, 0.2) is 9.84 Å². The number of hydrogen-bond donors (Lipinski definition) is 1. The van der Waals surface area contributed by atoms with E-state index in [1.807, 2.05) is 4.90 Å². The van der Waals surface area contributed by atoms with E-state index in [4.69, 9.17) is 0 Å². The molecule has 0 aromatic carbocycles. The van der Waals surface area contributed by atoms with Crippen LogP contribution in [0.4, 0.5) is 0 Å². The van der Waals surface area contributed by atoms with Crippen molar-refractivity contribution in [1.29, 1.82) is 0 Å². The third-order valence-corrected chi connectivity index (χ3v) is 6.79. The van der Waals surface area contributed by atoms with Crippen LogP contribution in [0, 0.1) is 5.92 Å². The van der Waals surface area contributed by atoms with Gasteiger partial charge in [-0.05, 0) is 31.6 Å². The van der Waals surface area contributed by atoms with Gasteiger partial charge in [-0.3, -0.25) is 10.1 Å². The third kappa shape index (κ3) is 2.48. The van der Waals surface area contributed by atoms with E-state index in [9.17, 15) is 13.2 Å². The van der Waals surface area contributed by atoms with E-state index in [0.29, 0.717) is 12.5 Å². The summed E-state index contributed by atoms with van der Waals surface area (Å²) in [5.41, 5.74) is -0.330. The minimum atomic E-state index is -3.02. The summed E-state index contributed by atoms with van der Waals surface area (Å²) in [6.07, 6.45) is 6.64. The highest BCUT2D eigenvalue weighted by Gasteiger charge is 2.60. The Morgan fingerprint density at radius 2 is 1.95 bits per heavy atom. The molecule has 3 rings (SSSR count). The highest BCUT2D eigenvalue weighted by Crippen LogP contribution is 2.45. The van der Waals surface area contributed by atoms with E-state index >= 15 is 0 Å². The SMILES string of the molecule is CCS(=O)(=O)CCN1C(=O)C2(CC2)NC1C1CCCC1. The van der Waals surface area contributed by atoms with Crippen molar-refractivity contribution in [3.63, 3.8) is 0 Å². The molecular formula is C14H24N2O3S. The number of nitrogens with zero attached hydrogens (tertiary/aromatic N) is 1. The van der Waals surface area contributed by atoms with Crippen LogP contribution >= 0.6 is 0 Å². The van der Waals surface area contributed by atoms with Gasteiger partial charge in [0.05, 0.1) is 17.5 Å². The molecule has 1 spiro atoms. The van der Waals surface area contributed by atoms with Crippen molar-refractivity contribution in [2.24, 2.45) is 5.92 Å². The van der Waals surface area contributed by atoms with Gasteiger partial charge in [0, 0.05) is 12.3 Å². The zero-order valence-electron chi connectivity index (χ0n) is 12.1. The number of rotatable bonds is 5. The van der Waals surface area contributed by atoms with E-state index in [1.54, 1.807) is 6.92 Å². The zero-order valence-corrected chi connectivity index (χ0v) is 12.9. The van der Waals surface area contributed by atoms with E-state index < -0.39 is 9.84 Å². The van der Waals surface area contributed by atoms with Gasteiger partial charge in [-0.15, -0.1) is 0 Å². The average Bonchev–Trinajstić information content (AvgIpc) is 2.90. The molecule has 2 saturated carbocycles. The summed E-state index contributed by atoms with van der Waals surface area (Å²) < 4.78 is 23.4. The molecule has 1 N–H and O–H groups in total. The Morgan fingerprint density at radius 1 is 1.30 bits per heavy atom. The molecule has 0 radical (unpaired) electrons. The highest BCUT2D eigenvalue weighted by atomic mass is 32.2. The van der Waals surface area contributed by atoms with Crippen molar-refractivity contribution in [3.8, 4) is 0 Å². The van der Waals surface area contributed by atoms with Crippen molar-refractivity contribution >= 4 is 15.7 Å². The van der Waals surface area contributed by atoms with Crippen molar-refractivity contribution in [2.75, 3.05) is 18.1 Å². The predicted molar refractivity (Wildman–Crippen MR) is 76.9 cm³/mol. The molecule has 3 aliphatic rings. The summed E-state index contributed by atoms with van der Waals surface area (Å²) in [5, 5.41) is 3.52. The first kappa shape index (κ1) is 14.3. The molecule has 3 fully saturated rings. The lowest BCUT2D eigenvalue weighted by Gasteiger charge is -2.28. The molecule has 6 heteroatoms. The zero-order chi connectivity index (χ0) is 14.4. The molecule has 1 amide bonds. The summed E-state index contributed by atoms with van der Waals surface area (Å²) in [6.45, 7) is 2.02. The Balaban J connectivity index is 1.72. The first-order valence-electron chi connectivity index (χ1n) is 7.77. The lowest BCUT2D eigenvalue weighted by atomic mass is 10.0. The van der Waals surface area contributed by atoms with Crippen LogP contribution < -0.4 is 5.32 Å². The molecule has 20 heavy (non-hydrogen) atoms. The first-order chi connectivity index (χ1) is 9.47. The normalized spacial score (nSPS) is 29.6. The fraction of sp³-hybridized carbons (Fsp3) is 0.929. The maximum atomic E-state index is 12.5. The molecule has 0 bridgehead atoms.